The largest absolute Gasteiger partial charge is 0.496 e. The molecule has 0 spiro atoms. The van der Waals surface area contributed by atoms with Gasteiger partial charge in [-0.1, -0.05) is 0 Å². The summed E-state index contributed by atoms with van der Waals surface area (Å²) in [5.74, 6) is -2.25. The van der Waals surface area contributed by atoms with Crippen LogP contribution in [0.25, 0.3) is 0 Å². The molecule has 19 heavy (non-hydrogen) atoms. The highest BCUT2D eigenvalue weighted by Gasteiger charge is 2.40. The van der Waals surface area contributed by atoms with Gasteiger partial charge in [-0.15, -0.1) is 0 Å². The van der Waals surface area contributed by atoms with E-state index in [0.717, 1.165) is 6.07 Å². The molecule has 1 N–H and O–H groups in total. The van der Waals surface area contributed by atoms with Gasteiger partial charge in [0.15, 0.2) is 0 Å². The summed E-state index contributed by atoms with van der Waals surface area (Å²) >= 11 is 2.84. The van der Waals surface area contributed by atoms with Gasteiger partial charge >= 0.3 is 12.1 Å². The second-order valence-corrected chi connectivity index (χ2v) is 4.07. The standard InChI is InChI=1S/C9H6BrF3N2O4/c1-19-4-2-5(10)7(6(3-4)15(17)18)14-8(16)9(11,12)13/h2-3H,1H3,(H,14,16). The van der Waals surface area contributed by atoms with Crippen molar-refractivity contribution in [1.29, 1.82) is 0 Å². The van der Waals surface area contributed by atoms with Crippen molar-refractivity contribution >= 4 is 33.2 Å². The van der Waals surface area contributed by atoms with E-state index in [4.69, 9.17) is 4.74 Å². The number of halogens is 4. The third kappa shape index (κ3) is 3.56. The van der Waals surface area contributed by atoms with E-state index in [9.17, 15) is 28.1 Å². The van der Waals surface area contributed by atoms with Crippen LogP contribution < -0.4 is 10.1 Å². The highest BCUT2D eigenvalue weighted by atomic mass is 79.9. The minimum Gasteiger partial charge on any atom is -0.496 e. The molecule has 0 unspecified atom stereocenters. The third-order valence-corrected chi connectivity index (χ3v) is 2.60. The van der Waals surface area contributed by atoms with Crippen LogP contribution >= 0.6 is 15.9 Å². The van der Waals surface area contributed by atoms with Crippen molar-refractivity contribution in [3.8, 4) is 5.75 Å². The van der Waals surface area contributed by atoms with Crippen molar-refractivity contribution in [3.63, 3.8) is 0 Å². The van der Waals surface area contributed by atoms with Crippen LogP contribution in [0.2, 0.25) is 0 Å². The van der Waals surface area contributed by atoms with Crippen LogP contribution in [0.3, 0.4) is 0 Å². The fourth-order valence-electron chi connectivity index (χ4n) is 1.14. The minimum absolute atomic E-state index is 0.0589. The molecule has 104 valence electrons. The minimum atomic E-state index is -5.15. The Hall–Kier alpha value is -1.84. The van der Waals surface area contributed by atoms with Crippen molar-refractivity contribution in [2.75, 3.05) is 12.4 Å². The van der Waals surface area contributed by atoms with E-state index in [-0.39, 0.29) is 10.2 Å². The topological polar surface area (TPSA) is 81.5 Å². The maximum Gasteiger partial charge on any atom is 0.471 e. The molecule has 0 radical (unpaired) electrons. The maximum absolute atomic E-state index is 12.1. The van der Waals surface area contributed by atoms with E-state index >= 15 is 0 Å². The van der Waals surface area contributed by atoms with E-state index in [1.54, 1.807) is 0 Å². The molecule has 1 aromatic rings. The lowest BCUT2D eigenvalue weighted by Gasteiger charge is -2.11. The summed E-state index contributed by atoms with van der Waals surface area (Å²) in [7, 11) is 1.24. The van der Waals surface area contributed by atoms with Crippen LogP contribution in [0, 0.1) is 10.1 Å². The summed E-state index contributed by atoms with van der Waals surface area (Å²) in [5.41, 5.74) is -1.31. The molecule has 1 rings (SSSR count). The number of hydrogen-bond donors (Lipinski definition) is 1. The van der Waals surface area contributed by atoms with Crippen molar-refractivity contribution in [3.05, 3.63) is 26.7 Å². The van der Waals surface area contributed by atoms with Gasteiger partial charge in [-0.2, -0.15) is 13.2 Å². The summed E-state index contributed by atoms with van der Waals surface area (Å²) < 4.78 is 41.0. The van der Waals surface area contributed by atoms with Gasteiger partial charge in [-0.25, -0.2) is 0 Å². The van der Waals surface area contributed by atoms with E-state index in [2.05, 4.69) is 15.9 Å². The van der Waals surface area contributed by atoms with Gasteiger partial charge in [0.25, 0.3) is 5.69 Å². The van der Waals surface area contributed by atoms with Crippen LogP contribution in [-0.4, -0.2) is 24.1 Å². The second-order valence-electron chi connectivity index (χ2n) is 3.21. The van der Waals surface area contributed by atoms with Gasteiger partial charge in [-0.3, -0.25) is 14.9 Å². The molecule has 1 amide bonds. The summed E-state index contributed by atoms with van der Waals surface area (Å²) in [5, 5.41) is 12.2. The molecule has 1 aromatic carbocycles. The molecule has 0 aliphatic carbocycles. The molecule has 0 heterocycles. The van der Waals surface area contributed by atoms with Crippen molar-refractivity contribution in [1.82, 2.24) is 0 Å². The Morgan fingerprint density at radius 2 is 2.05 bits per heavy atom. The van der Waals surface area contributed by atoms with Gasteiger partial charge in [-0.05, 0) is 22.0 Å². The van der Waals surface area contributed by atoms with Gasteiger partial charge in [0.05, 0.1) is 22.6 Å². The molecular formula is C9H6BrF3N2O4. The summed E-state index contributed by atoms with van der Waals surface area (Å²) in [6.45, 7) is 0. The number of nitro groups is 1. The normalized spacial score (nSPS) is 11.0. The molecule has 0 fully saturated rings. The van der Waals surface area contributed by atoms with Crippen molar-refractivity contribution < 1.29 is 27.6 Å². The number of hydrogen-bond acceptors (Lipinski definition) is 4. The van der Waals surface area contributed by atoms with Crippen LogP contribution in [0.5, 0.6) is 5.75 Å². The first-order chi connectivity index (χ1) is 8.66. The zero-order valence-corrected chi connectivity index (χ0v) is 10.8. The molecule has 0 saturated carbocycles. The number of anilines is 1. The number of nitrogens with one attached hydrogen (secondary N) is 1. The van der Waals surface area contributed by atoms with E-state index < -0.39 is 28.4 Å². The quantitative estimate of drug-likeness (QED) is 0.676. The Morgan fingerprint density at radius 3 is 2.47 bits per heavy atom. The highest BCUT2D eigenvalue weighted by molar-refractivity contribution is 9.10. The van der Waals surface area contributed by atoms with Crippen molar-refractivity contribution in [2.24, 2.45) is 0 Å². The highest BCUT2D eigenvalue weighted by Crippen LogP contribution is 2.37. The number of nitro benzene ring substituents is 1. The van der Waals surface area contributed by atoms with Crippen LogP contribution in [0.1, 0.15) is 0 Å². The number of methoxy groups -OCH3 is 1. The lowest BCUT2D eigenvalue weighted by molar-refractivity contribution is -0.384. The lowest BCUT2D eigenvalue weighted by Crippen LogP contribution is -2.30. The average Bonchev–Trinajstić information content (AvgIpc) is 2.29. The molecule has 0 atom stereocenters. The Morgan fingerprint density at radius 1 is 1.47 bits per heavy atom. The molecule has 0 aliphatic rings. The Kier molecular flexibility index (Phi) is 4.35. The zero-order valence-electron chi connectivity index (χ0n) is 9.25. The molecule has 10 heteroatoms. The summed E-state index contributed by atoms with van der Waals surface area (Å²) in [6, 6.07) is 2.09. The third-order valence-electron chi connectivity index (χ3n) is 1.97. The Balaban J connectivity index is 3.27. The SMILES string of the molecule is COc1cc(Br)c(NC(=O)C(F)(F)F)c([N+](=O)[O-])c1. The van der Waals surface area contributed by atoms with Crippen LogP contribution in [-0.2, 0) is 4.79 Å². The average molecular weight is 343 g/mol. The number of carbonyl (C=O) groups is 1. The fourth-order valence-corrected chi connectivity index (χ4v) is 1.67. The van der Waals surface area contributed by atoms with E-state index in [1.807, 2.05) is 0 Å². The van der Waals surface area contributed by atoms with Crippen LogP contribution in [0.15, 0.2) is 16.6 Å². The van der Waals surface area contributed by atoms with E-state index in [0.29, 0.717) is 0 Å². The number of benzene rings is 1. The first-order valence-corrected chi connectivity index (χ1v) is 5.36. The molecule has 0 aliphatic heterocycles. The molecular weight excluding hydrogens is 337 g/mol. The number of ether oxygens (including phenoxy) is 1. The number of rotatable bonds is 3. The molecule has 6 nitrogen and oxygen atoms in total. The first-order valence-electron chi connectivity index (χ1n) is 4.57. The smallest absolute Gasteiger partial charge is 0.471 e. The molecule has 0 saturated heterocycles. The number of alkyl halides is 3. The zero-order chi connectivity index (χ0) is 14.8. The Bertz CT molecular complexity index is 533. The van der Waals surface area contributed by atoms with Gasteiger partial charge in [0, 0.05) is 0 Å². The molecule has 0 bridgehead atoms. The van der Waals surface area contributed by atoms with Gasteiger partial charge < -0.3 is 10.1 Å². The second kappa shape index (κ2) is 5.43. The summed E-state index contributed by atoms with van der Waals surface area (Å²) in [4.78, 5) is 20.6. The maximum atomic E-state index is 12.1. The molecule has 0 aromatic heterocycles. The lowest BCUT2D eigenvalue weighted by atomic mass is 10.2. The summed E-state index contributed by atoms with van der Waals surface area (Å²) in [6.07, 6.45) is -5.15. The number of carbonyl (C=O) groups excluding carboxylic acids is 1. The van der Waals surface area contributed by atoms with E-state index in [1.165, 1.54) is 18.5 Å². The van der Waals surface area contributed by atoms with Gasteiger partial charge in [0.1, 0.15) is 11.4 Å². The Labute approximate surface area is 112 Å². The predicted octanol–water partition coefficient (Wildman–Crippen LogP) is 2.87. The first kappa shape index (κ1) is 15.2. The van der Waals surface area contributed by atoms with Gasteiger partial charge in [0.2, 0.25) is 0 Å². The number of nitrogens with zero attached hydrogens (tertiary/aromatic N) is 1. The number of amides is 1. The van der Waals surface area contributed by atoms with Crippen molar-refractivity contribution in [2.45, 2.75) is 6.18 Å². The van der Waals surface area contributed by atoms with Crippen LogP contribution in [0.4, 0.5) is 24.5 Å². The monoisotopic (exact) mass is 342 g/mol. The fraction of sp³-hybridized carbons (Fsp3) is 0.222. The predicted molar refractivity (Wildman–Crippen MR) is 62.0 cm³/mol.